The fourth-order valence-electron chi connectivity index (χ4n) is 1.23. The van der Waals surface area contributed by atoms with Crippen LogP contribution < -0.4 is 16.5 Å². The molecule has 1 aliphatic rings. The molecule has 1 fully saturated rings. The van der Waals surface area contributed by atoms with Gasteiger partial charge in [-0.25, -0.2) is 14.8 Å². The average molecular weight is 174 g/mol. The van der Waals surface area contributed by atoms with E-state index in [1.165, 1.54) is 6.08 Å². The maximum atomic E-state index is 11.9. The van der Waals surface area contributed by atoms with E-state index >= 15 is 0 Å². The van der Waals surface area contributed by atoms with Crippen molar-refractivity contribution in [2.45, 2.75) is 12.5 Å². The van der Waals surface area contributed by atoms with Crippen molar-refractivity contribution in [2.24, 2.45) is 5.73 Å². The van der Waals surface area contributed by atoms with Crippen LogP contribution in [0.1, 0.15) is 6.42 Å². The van der Waals surface area contributed by atoms with Gasteiger partial charge in [0.1, 0.15) is 0 Å². The Hall–Kier alpha value is -0.490. The Morgan fingerprint density at radius 3 is 3.00 bits per heavy atom. The number of hydrogen-bond donors (Lipinski definition) is 3. The first-order valence-corrected chi connectivity index (χ1v) is 4.06. The fraction of sp³-hybridized carbons (Fsp3) is 0.714. The van der Waals surface area contributed by atoms with Crippen LogP contribution in [0.4, 0.5) is 4.39 Å². The second-order valence-corrected chi connectivity index (χ2v) is 2.68. The Balaban J connectivity index is 2.39. The molecule has 12 heavy (non-hydrogen) atoms. The molecule has 0 aliphatic carbocycles. The van der Waals surface area contributed by atoms with Gasteiger partial charge in [-0.3, -0.25) is 5.32 Å². The minimum atomic E-state index is 0.0509. The van der Waals surface area contributed by atoms with Gasteiger partial charge in [-0.05, 0) is 19.0 Å². The van der Waals surface area contributed by atoms with Gasteiger partial charge < -0.3 is 5.73 Å². The van der Waals surface area contributed by atoms with Crippen molar-refractivity contribution in [3.05, 3.63) is 12.4 Å². The van der Waals surface area contributed by atoms with Gasteiger partial charge in [-0.15, -0.1) is 0 Å². The first kappa shape index (κ1) is 9.60. The summed E-state index contributed by atoms with van der Waals surface area (Å²) in [6, 6.07) is 0.0509. The molecule has 1 heterocycles. The molecule has 5 heteroatoms. The summed E-state index contributed by atoms with van der Waals surface area (Å²) < 4.78 is 11.9. The van der Waals surface area contributed by atoms with Crippen LogP contribution in [0, 0.1) is 0 Å². The van der Waals surface area contributed by atoms with Crippen molar-refractivity contribution in [1.82, 2.24) is 15.8 Å². The predicted octanol–water partition coefficient (Wildman–Crippen LogP) is -0.488. The van der Waals surface area contributed by atoms with Gasteiger partial charge in [0.2, 0.25) is 0 Å². The van der Waals surface area contributed by atoms with E-state index in [0.29, 0.717) is 12.9 Å². The zero-order valence-electron chi connectivity index (χ0n) is 6.96. The topological polar surface area (TPSA) is 53.3 Å². The second-order valence-electron chi connectivity index (χ2n) is 2.68. The number of nitrogens with two attached hydrogens (primary N) is 1. The third kappa shape index (κ3) is 2.53. The van der Waals surface area contributed by atoms with Crippen LogP contribution in [-0.2, 0) is 0 Å². The monoisotopic (exact) mass is 174 g/mol. The van der Waals surface area contributed by atoms with Crippen LogP contribution in [-0.4, -0.2) is 30.9 Å². The van der Waals surface area contributed by atoms with Crippen molar-refractivity contribution in [3.63, 3.8) is 0 Å². The number of nitrogens with zero attached hydrogens (tertiary/aromatic N) is 1. The third-order valence-corrected chi connectivity index (χ3v) is 1.85. The summed E-state index contributed by atoms with van der Waals surface area (Å²) in [4.78, 5) is 0. The molecule has 0 aromatic rings. The lowest BCUT2D eigenvalue weighted by Crippen LogP contribution is -2.40. The van der Waals surface area contributed by atoms with Crippen LogP contribution in [0.2, 0.25) is 0 Å². The summed E-state index contributed by atoms with van der Waals surface area (Å²) in [6.45, 7) is 2.03. The molecular weight excluding hydrogens is 159 g/mol. The third-order valence-electron chi connectivity index (χ3n) is 1.85. The standard InChI is InChI=1S/C7H15FN4/c8-3-1-7(2-4-9)12-6-10-5-11-12/h1,3,7,10-11H,2,4-6,9H2/b3-1+/t7-/m0/s1. The van der Waals surface area contributed by atoms with Crippen LogP contribution in [0.25, 0.3) is 0 Å². The minimum Gasteiger partial charge on any atom is -0.330 e. The van der Waals surface area contributed by atoms with Crippen molar-refractivity contribution in [1.29, 1.82) is 0 Å². The van der Waals surface area contributed by atoms with Crippen molar-refractivity contribution in [2.75, 3.05) is 19.9 Å². The lowest BCUT2D eigenvalue weighted by atomic mass is 10.2. The highest BCUT2D eigenvalue weighted by atomic mass is 19.1. The van der Waals surface area contributed by atoms with Crippen molar-refractivity contribution < 1.29 is 4.39 Å². The van der Waals surface area contributed by atoms with Crippen LogP contribution >= 0.6 is 0 Å². The second kappa shape index (κ2) is 5.21. The quantitative estimate of drug-likeness (QED) is 0.538. The molecule has 4 N–H and O–H groups in total. The smallest absolute Gasteiger partial charge is 0.0843 e. The maximum Gasteiger partial charge on any atom is 0.0843 e. The van der Waals surface area contributed by atoms with Gasteiger partial charge >= 0.3 is 0 Å². The predicted molar refractivity (Wildman–Crippen MR) is 45.6 cm³/mol. The molecule has 0 bridgehead atoms. The molecule has 4 nitrogen and oxygen atoms in total. The molecule has 0 saturated carbocycles. The van der Waals surface area contributed by atoms with Gasteiger partial charge in [0.25, 0.3) is 0 Å². The Morgan fingerprint density at radius 2 is 2.50 bits per heavy atom. The largest absolute Gasteiger partial charge is 0.330 e. The van der Waals surface area contributed by atoms with Crippen LogP contribution in [0.3, 0.4) is 0 Å². The summed E-state index contributed by atoms with van der Waals surface area (Å²) in [7, 11) is 0. The molecule has 1 saturated heterocycles. The summed E-state index contributed by atoms with van der Waals surface area (Å²) >= 11 is 0. The van der Waals surface area contributed by atoms with E-state index in [1.54, 1.807) is 0 Å². The van der Waals surface area contributed by atoms with E-state index in [0.717, 1.165) is 19.8 Å². The maximum absolute atomic E-state index is 11.9. The van der Waals surface area contributed by atoms with Gasteiger partial charge in [0.15, 0.2) is 0 Å². The molecule has 1 aliphatic heterocycles. The average Bonchev–Trinajstić information content (AvgIpc) is 2.56. The number of nitrogens with one attached hydrogen (secondary N) is 2. The van der Waals surface area contributed by atoms with Crippen LogP contribution in [0.15, 0.2) is 12.4 Å². The van der Waals surface area contributed by atoms with Gasteiger partial charge in [0.05, 0.1) is 19.7 Å². The lowest BCUT2D eigenvalue weighted by Gasteiger charge is -2.22. The molecule has 0 amide bonds. The first-order chi connectivity index (χ1) is 5.88. The number of rotatable bonds is 4. The summed E-state index contributed by atoms with van der Waals surface area (Å²) in [6.07, 6.45) is 2.84. The molecule has 0 aromatic heterocycles. The normalized spacial score (nSPS) is 22.2. The van der Waals surface area contributed by atoms with E-state index in [2.05, 4.69) is 10.7 Å². The van der Waals surface area contributed by atoms with Gasteiger partial charge in [-0.1, -0.05) is 0 Å². The first-order valence-electron chi connectivity index (χ1n) is 4.06. The number of halogens is 1. The zero-order chi connectivity index (χ0) is 8.81. The number of hydrogen-bond acceptors (Lipinski definition) is 4. The van der Waals surface area contributed by atoms with E-state index in [-0.39, 0.29) is 6.04 Å². The SMILES string of the molecule is NCC[C@H](/C=C/F)N1CNCN1. The van der Waals surface area contributed by atoms with E-state index < -0.39 is 0 Å². The summed E-state index contributed by atoms with van der Waals surface area (Å²) in [5.41, 5.74) is 8.47. The molecular formula is C7H15FN4. The molecule has 0 spiro atoms. The van der Waals surface area contributed by atoms with E-state index in [9.17, 15) is 4.39 Å². The summed E-state index contributed by atoms with van der Waals surface area (Å²) in [5.74, 6) is 0. The van der Waals surface area contributed by atoms with Crippen LogP contribution in [0.5, 0.6) is 0 Å². The lowest BCUT2D eigenvalue weighted by molar-refractivity contribution is 0.198. The molecule has 70 valence electrons. The van der Waals surface area contributed by atoms with Crippen molar-refractivity contribution >= 4 is 0 Å². The Kier molecular flexibility index (Phi) is 4.16. The van der Waals surface area contributed by atoms with Gasteiger partial charge in [-0.2, -0.15) is 0 Å². The van der Waals surface area contributed by atoms with E-state index in [4.69, 9.17) is 5.73 Å². The molecule has 1 rings (SSSR count). The van der Waals surface area contributed by atoms with E-state index in [1.807, 2.05) is 5.01 Å². The molecule has 0 radical (unpaired) electrons. The minimum absolute atomic E-state index is 0.0509. The highest BCUT2D eigenvalue weighted by Crippen LogP contribution is 2.03. The highest BCUT2D eigenvalue weighted by Gasteiger charge is 2.17. The van der Waals surface area contributed by atoms with Crippen molar-refractivity contribution in [3.8, 4) is 0 Å². The Morgan fingerprint density at radius 1 is 1.67 bits per heavy atom. The number of hydrazine groups is 1. The molecule has 0 unspecified atom stereocenters. The molecule has 0 aromatic carbocycles. The zero-order valence-corrected chi connectivity index (χ0v) is 6.96. The van der Waals surface area contributed by atoms with Gasteiger partial charge in [0, 0.05) is 6.04 Å². The summed E-state index contributed by atoms with van der Waals surface area (Å²) in [5, 5.41) is 5.02. The Bertz CT molecular complexity index is 144. The Labute approximate surface area is 71.6 Å². The fourth-order valence-corrected chi connectivity index (χ4v) is 1.23. The molecule has 1 atom stereocenters. The highest BCUT2D eigenvalue weighted by molar-refractivity contribution is 4.90.